The summed E-state index contributed by atoms with van der Waals surface area (Å²) in [5, 5.41) is 22.7. The molecule has 1 aromatic heterocycles. The molecule has 0 atom stereocenters. The minimum absolute atomic E-state index is 0.178. The van der Waals surface area contributed by atoms with E-state index < -0.39 is 9.85 Å². The lowest BCUT2D eigenvalue weighted by Crippen LogP contribution is -1.97. The molecule has 0 bridgehead atoms. The van der Waals surface area contributed by atoms with Crippen LogP contribution in [0, 0.1) is 20.2 Å². The molecule has 0 N–H and O–H groups in total. The van der Waals surface area contributed by atoms with Crippen LogP contribution in [0.5, 0.6) is 0 Å². The van der Waals surface area contributed by atoms with Crippen LogP contribution in [0.4, 0.5) is 11.4 Å². The van der Waals surface area contributed by atoms with Gasteiger partial charge in [-0.3, -0.25) is 20.2 Å². The Morgan fingerprint density at radius 2 is 1.48 bits per heavy atom. The molecule has 4 rings (SSSR count). The first kappa shape index (κ1) is 20.3. The van der Waals surface area contributed by atoms with Crippen molar-refractivity contribution in [3.05, 3.63) is 105 Å². The van der Waals surface area contributed by atoms with Crippen molar-refractivity contribution in [2.24, 2.45) is 0 Å². The average molecular weight is 433 g/mol. The fraction of sp³-hybridized carbons (Fsp3) is 0.0455. The first-order valence-electron chi connectivity index (χ1n) is 9.19. The van der Waals surface area contributed by atoms with Crippen LogP contribution in [0.2, 0.25) is 0 Å². The maximum atomic E-state index is 11.4. The van der Waals surface area contributed by atoms with Crippen LogP contribution in [0.1, 0.15) is 5.56 Å². The number of aromatic nitrogens is 1. The summed E-state index contributed by atoms with van der Waals surface area (Å²) in [4.78, 5) is 25.6. The van der Waals surface area contributed by atoms with Crippen molar-refractivity contribution in [1.29, 1.82) is 0 Å². The van der Waals surface area contributed by atoms with Crippen LogP contribution in [0.25, 0.3) is 22.6 Å². The van der Waals surface area contributed by atoms with Gasteiger partial charge in [0.25, 0.3) is 16.6 Å². The zero-order valence-electron chi connectivity index (χ0n) is 16.0. The van der Waals surface area contributed by atoms with Crippen molar-refractivity contribution in [2.75, 3.05) is 0 Å². The number of hydrogen-bond acceptors (Lipinski definition) is 7. The van der Waals surface area contributed by atoms with E-state index in [2.05, 4.69) is 4.98 Å². The maximum absolute atomic E-state index is 11.4. The van der Waals surface area contributed by atoms with Crippen molar-refractivity contribution in [1.82, 2.24) is 4.98 Å². The molecule has 31 heavy (non-hydrogen) atoms. The molecule has 0 saturated heterocycles. The van der Waals surface area contributed by atoms with Crippen molar-refractivity contribution in [3.8, 4) is 22.6 Å². The predicted molar refractivity (Wildman–Crippen MR) is 117 cm³/mol. The second-order valence-electron chi connectivity index (χ2n) is 6.51. The van der Waals surface area contributed by atoms with Gasteiger partial charge in [0.2, 0.25) is 0 Å². The average Bonchev–Trinajstić information content (AvgIpc) is 3.23. The normalized spacial score (nSPS) is 10.7. The predicted octanol–water partition coefficient (Wildman–Crippen LogP) is 6.12. The molecule has 0 saturated carbocycles. The number of oxazole rings is 1. The lowest BCUT2D eigenvalue weighted by molar-refractivity contribution is -0.394. The third-order valence-electron chi connectivity index (χ3n) is 4.52. The summed E-state index contributed by atoms with van der Waals surface area (Å²) in [6, 6.07) is 22.8. The maximum Gasteiger partial charge on any atom is 0.280 e. The van der Waals surface area contributed by atoms with E-state index in [0.717, 1.165) is 17.2 Å². The second-order valence-corrected chi connectivity index (χ2v) is 7.43. The fourth-order valence-corrected chi connectivity index (χ4v) is 3.86. The van der Waals surface area contributed by atoms with Crippen molar-refractivity contribution in [3.63, 3.8) is 0 Å². The number of benzene rings is 3. The van der Waals surface area contributed by atoms with Gasteiger partial charge in [0.1, 0.15) is 5.69 Å². The van der Waals surface area contributed by atoms with Crippen molar-refractivity contribution in [2.45, 2.75) is 11.0 Å². The molecular weight excluding hydrogens is 418 g/mol. The van der Waals surface area contributed by atoms with Crippen LogP contribution < -0.4 is 0 Å². The number of rotatable bonds is 7. The van der Waals surface area contributed by atoms with Crippen LogP contribution in [-0.4, -0.2) is 14.8 Å². The molecule has 0 spiro atoms. The smallest absolute Gasteiger partial charge is 0.280 e. The monoisotopic (exact) mass is 433 g/mol. The number of thioether (sulfide) groups is 1. The van der Waals surface area contributed by atoms with Gasteiger partial charge in [-0.1, -0.05) is 72.4 Å². The van der Waals surface area contributed by atoms with Gasteiger partial charge >= 0.3 is 0 Å². The third-order valence-corrected chi connectivity index (χ3v) is 5.40. The van der Waals surface area contributed by atoms with Crippen LogP contribution >= 0.6 is 11.8 Å². The van der Waals surface area contributed by atoms with Gasteiger partial charge in [0.15, 0.2) is 5.76 Å². The van der Waals surface area contributed by atoms with Crippen LogP contribution in [0.15, 0.2) is 88.5 Å². The number of nitrogens with zero attached hydrogens (tertiary/aromatic N) is 3. The van der Waals surface area contributed by atoms with Gasteiger partial charge in [0.05, 0.1) is 15.9 Å². The highest BCUT2D eigenvalue weighted by molar-refractivity contribution is 7.98. The molecule has 8 nitrogen and oxygen atoms in total. The molecule has 0 radical (unpaired) electrons. The number of hydrogen-bond donors (Lipinski definition) is 0. The Labute approximate surface area is 180 Å². The topological polar surface area (TPSA) is 112 Å². The van der Waals surface area contributed by atoms with E-state index in [1.54, 1.807) is 0 Å². The highest BCUT2D eigenvalue weighted by Gasteiger charge is 2.21. The Bertz CT molecular complexity index is 1190. The molecule has 3 aromatic carbocycles. The fourth-order valence-electron chi connectivity index (χ4n) is 3.04. The highest BCUT2D eigenvalue weighted by atomic mass is 32.2. The quantitative estimate of drug-likeness (QED) is 0.196. The summed E-state index contributed by atoms with van der Waals surface area (Å²) < 4.78 is 6.01. The van der Waals surface area contributed by atoms with E-state index in [4.69, 9.17) is 4.42 Å². The number of nitro groups is 2. The van der Waals surface area contributed by atoms with E-state index in [1.807, 2.05) is 60.7 Å². The minimum atomic E-state index is -0.656. The standard InChI is InChI=1S/C22H15N3O5S/c26-24(27)18-12-11-17(19(13-18)25(28)29)14-31-22-23-20(15-7-3-1-4-8-15)21(30-22)16-9-5-2-6-10-16/h1-13H,14H2. The molecule has 154 valence electrons. The first-order chi connectivity index (χ1) is 15.0. The zero-order valence-corrected chi connectivity index (χ0v) is 16.8. The first-order valence-corrected chi connectivity index (χ1v) is 10.2. The lowest BCUT2D eigenvalue weighted by Gasteiger charge is -2.01. The summed E-state index contributed by atoms with van der Waals surface area (Å²) in [6.45, 7) is 0. The Kier molecular flexibility index (Phi) is 5.76. The molecule has 0 aliphatic rings. The molecule has 0 aliphatic carbocycles. The molecule has 0 amide bonds. The Balaban J connectivity index is 1.67. The molecule has 0 unspecified atom stereocenters. The van der Waals surface area contributed by atoms with Gasteiger partial charge < -0.3 is 4.42 Å². The Hall–Kier alpha value is -3.98. The molecule has 9 heteroatoms. The zero-order chi connectivity index (χ0) is 21.8. The minimum Gasteiger partial charge on any atom is -0.431 e. The Morgan fingerprint density at radius 3 is 2.10 bits per heavy atom. The van der Waals surface area contributed by atoms with Crippen LogP contribution in [0.3, 0.4) is 0 Å². The number of nitro benzene ring substituents is 2. The lowest BCUT2D eigenvalue weighted by atomic mass is 10.1. The van der Waals surface area contributed by atoms with E-state index >= 15 is 0 Å². The molecule has 0 aliphatic heterocycles. The summed E-state index contributed by atoms with van der Waals surface area (Å²) in [5.41, 5.74) is 2.14. The summed E-state index contributed by atoms with van der Waals surface area (Å²) in [5.74, 6) is 0.782. The van der Waals surface area contributed by atoms with Gasteiger partial charge in [-0.05, 0) is 6.07 Å². The summed E-state index contributed by atoms with van der Waals surface area (Å²) in [7, 11) is 0. The van der Waals surface area contributed by atoms with E-state index in [9.17, 15) is 20.2 Å². The van der Waals surface area contributed by atoms with Gasteiger partial charge in [-0.15, -0.1) is 0 Å². The van der Waals surface area contributed by atoms with Gasteiger partial charge in [-0.25, -0.2) is 4.98 Å². The molecular formula is C22H15N3O5S. The van der Waals surface area contributed by atoms with Gasteiger partial charge in [0, 0.05) is 28.5 Å². The second kappa shape index (κ2) is 8.80. The SMILES string of the molecule is O=[N+]([O-])c1ccc(CSc2nc(-c3ccccc3)c(-c3ccccc3)o2)c([N+](=O)[O-])c1. The Morgan fingerprint density at radius 1 is 0.839 bits per heavy atom. The largest absolute Gasteiger partial charge is 0.431 e. The molecule has 4 aromatic rings. The van der Waals surface area contributed by atoms with E-state index in [-0.39, 0.29) is 17.1 Å². The third kappa shape index (κ3) is 4.46. The highest BCUT2D eigenvalue weighted by Crippen LogP contribution is 2.37. The summed E-state index contributed by atoms with van der Waals surface area (Å²) in [6.07, 6.45) is 0. The van der Waals surface area contributed by atoms with E-state index in [0.29, 0.717) is 22.2 Å². The summed E-state index contributed by atoms with van der Waals surface area (Å²) >= 11 is 1.19. The van der Waals surface area contributed by atoms with Crippen molar-refractivity contribution >= 4 is 23.1 Å². The molecule has 0 fully saturated rings. The van der Waals surface area contributed by atoms with Gasteiger partial charge in [-0.2, -0.15) is 0 Å². The van der Waals surface area contributed by atoms with E-state index in [1.165, 1.54) is 23.9 Å². The molecule has 1 heterocycles. The van der Waals surface area contributed by atoms with Crippen molar-refractivity contribution < 1.29 is 14.3 Å². The van der Waals surface area contributed by atoms with Crippen LogP contribution in [-0.2, 0) is 5.75 Å². The number of non-ortho nitro benzene ring substituents is 1.